The highest BCUT2D eigenvalue weighted by Gasteiger charge is 2.10. The predicted molar refractivity (Wildman–Crippen MR) is 39.6 cm³/mol. The van der Waals surface area contributed by atoms with E-state index in [9.17, 15) is 14.9 Å². The third-order valence-corrected chi connectivity index (χ3v) is 1.32. The smallest absolute Gasteiger partial charge is 0.333 e. The van der Waals surface area contributed by atoms with Crippen molar-refractivity contribution in [1.29, 1.82) is 0 Å². The van der Waals surface area contributed by atoms with Crippen LogP contribution in [-0.4, -0.2) is 15.0 Å². The van der Waals surface area contributed by atoms with Crippen LogP contribution in [0.15, 0.2) is 16.9 Å². The van der Waals surface area contributed by atoms with Crippen molar-refractivity contribution in [3.63, 3.8) is 0 Å². The molecule has 0 aliphatic heterocycles. The van der Waals surface area contributed by atoms with Crippen molar-refractivity contribution in [2.75, 3.05) is 0 Å². The molecule has 1 rings (SSSR count). The molecule has 1 aromatic heterocycles. The van der Waals surface area contributed by atoms with Crippen LogP contribution >= 0.6 is 0 Å². The summed E-state index contributed by atoms with van der Waals surface area (Å²) < 4.78 is 0. The fourth-order valence-electron chi connectivity index (χ4n) is 0.743. The Morgan fingerprint density at radius 3 is 2.67 bits per heavy atom. The molecule has 0 spiro atoms. The first kappa shape index (κ1) is 8.41. The van der Waals surface area contributed by atoms with E-state index < -0.39 is 16.2 Å². The van der Waals surface area contributed by atoms with Crippen LogP contribution in [-0.2, 0) is 6.61 Å². The van der Waals surface area contributed by atoms with E-state index >= 15 is 0 Å². The minimum atomic E-state index is -0.799. The van der Waals surface area contributed by atoms with Crippen LogP contribution in [0.2, 0.25) is 0 Å². The lowest BCUT2D eigenvalue weighted by Gasteiger charge is -1.93. The van der Waals surface area contributed by atoms with E-state index in [1.54, 1.807) is 0 Å². The van der Waals surface area contributed by atoms with Crippen LogP contribution in [0.25, 0.3) is 0 Å². The number of hydrogen-bond donors (Lipinski definition) is 2. The summed E-state index contributed by atoms with van der Waals surface area (Å²) in [7, 11) is 0. The Balaban J connectivity index is 3.21. The molecule has 0 amide bonds. The minimum absolute atomic E-state index is 0.255. The Morgan fingerprint density at radius 2 is 2.25 bits per heavy atom. The van der Waals surface area contributed by atoms with Gasteiger partial charge in [-0.15, -0.1) is 0 Å². The monoisotopic (exact) mass is 170 g/mol. The summed E-state index contributed by atoms with van der Waals surface area (Å²) in [5, 5.41) is 18.7. The molecule has 12 heavy (non-hydrogen) atoms. The Morgan fingerprint density at radius 1 is 1.58 bits per heavy atom. The van der Waals surface area contributed by atoms with Crippen molar-refractivity contribution in [3.05, 3.63) is 38.3 Å². The molecule has 0 atom stereocenters. The van der Waals surface area contributed by atoms with Crippen LogP contribution in [0.5, 0.6) is 0 Å². The van der Waals surface area contributed by atoms with E-state index in [-0.39, 0.29) is 12.3 Å². The molecule has 1 aromatic rings. The van der Waals surface area contributed by atoms with Gasteiger partial charge in [0.05, 0.1) is 11.5 Å². The van der Waals surface area contributed by atoms with Gasteiger partial charge in [0.2, 0.25) is 0 Å². The quantitative estimate of drug-likeness (QED) is 0.473. The first-order valence-corrected chi connectivity index (χ1v) is 3.12. The molecule has 0 aromatic carbocycles. The number of pyridine rings is 1. The van der Waals surface area contributed by atoms with Gasteiger partial charge in [-0.2, -0.15) is 0 Å². The van der Waals surface area contributed by atoms with Gasteiger partial charge < -0.3 is 10.1 Å². The summed E-state index contributed by atoms with van der Waals surface area (Å²) >= 11 is 0. The zero-order valence-electron chi connectivity index (χ0n) is 5.98. The second-order valence-electron chi connectivity index (χ2n) is 2.11. The maximum Gasteiger partial charge on any atom is 0.333 e. The third-order valence-electron chi connectivity index (χ3n) is 1.32. The molecule has 0 saturated carbocycles. The van der Waals surface area contributed by atoms with Crippen molar-refractivity contribution in [2.24, 2.45) is 0 Å². The van der Waals surface area contributed by atoms with Crippen molar-refractivity contribution in [1.82, 2.24) is 4.98 Å². The van der Waals surface area contributed by atoms with Crippen LogP contribution in [0, 0.1) is 10.1 Å². The summed E-state index contributed by atoms with van der Waals surface area (Å²) in [5.74, 6) is 0. The van der Waals surface area contributed by atoms with Crippen molar-refractivity contribution >= 4 is 5.69 Å². The molecule has 64 valence electrons. The first-order valence-electron chi connectivity index (χ1n) is 3.12. The normalized spacial score (nSPS) is 9.75. The largest absolute Gasteiger partial charge is 0.390 e. The molecule has 2 N–H and O–H groups in total. The third kappa shape index (κ3) is 1.48. The Kier molecular flexibility index (Phi) is 2.20. The van der Waals surface area contributed by atoms with Gasteiger partial charge in [0.25, 0.3) is 0 Å². The lowest BCUT2D eigenvalue weighted by molar-refractivity contribution is -0.386. The highest BCUT2D eigenvalue weighted by Crippen LogP contribution is 2.02. The molecule has 0 bridgehead atoms. The van der Waals surface area contributed by atoms with E-state index in [0.29, 0.717) is 0 Å². The number of rotatable bonds is 2. The number of aliphatic hydroxyl groups excluding tert-OH is 1. The first-order chi connectivity index (χ1) is 5.65. The number of nitrogens with zero attached hydrogens (tertiary/aromatic N) is 1. The summed E-state index contributed by atoms with van der Waals surface area (Å²) in [6.45, 7) is -0.340. The van der Waals surface area contributed by atoms with Crippen LogP contribution in [0.4, 0.5) is 5.69 Å². The molecule has 0 saturated heterocycles. The average Bonchev–Trinajstić information content (AvgIpc) is 2.03. The van der Waals surface area contributed by atoms with Gasteiger partial charge in [0, 0.05) is 11.8 Å². The molecule has 0 unspecified atom stereocenters. The van der Waals surface area contributed by atoms with Crippen LogP contribution in [0.1, 0.15) is 5.69 Å². The summed E-state index contributed by atoms with van der Waals surface area (Å²) in [6, 6.07) is 2.35. The molecule has 1 heterocycles. The molecule has 0 radical (unpaired) electrons. The van der Waals surface area contributed by atoms with E-state index in [4.69, 9.17) is 5.11 Å². The highest BCUT2D eigenvalue weighted by atomic mass is 16.6. The van der Waals surface area contributed by atoms with Gasteiger partial charge >= 0.3 is 11.2 Å². The molecular formula is C6H6N2O4. The second-order valence-corrected chi connectivity index (χ2v) is 2.11. The van der Waals surface area contributed by atoms with E-state index in [1.807, 2.05) is 0 Å². The van der Waals surface area contributed by atoms with Gasteiger partial charge in [-0.1, -0.05) is 0 Å². The zero-order valence-corrected chi connectivity index (χ0v) is 5.98. The SMILES string of the molecule is O=c1[nH]c(CO)ccc1[N+](=O)[O-]. The summed E-state index contributed by atoms with van der Waals surface area (Å²) in [6.07, 6.45) is 0. The van der Waals surface area contributed by atoms with Gasteiger partial charge in [0.15, 0.2) is 0 Å². The second kappa shape index (κ2) is 3.14. The predicted octanol–water partition coefficient (Wildman–Crippen LogP) is -0.225. The maximum atomic E-state index is 10.8. The number of aromatic amines is 1. The zero-order chi connectivity index (χ0) is 9.14. The van der Waals surface area contributed by atoms with Crippen LogP contribution < -0.4 is 5.56 Å². The molecule has 6 heteroatoms. The summed E-state index contributed by atoms with van der Waals surface area (Å²) in [5.41, 5.74) is -1.07. The molecule has 0 aliphatic carbocycles. The average molecular weight is 170 g/mol. The van der Waals surface area contributed by atoms with Crippen molar-refractivity contribution in [3.8, 4) is 0 Å². The topological polar surface area (TPSA) is 96.2 Å². The van der Waals surface area contributed by atoms with E-state index in [0.717, 1.165) is 6.07 Å². The van der Waals surface area contributed by atoms with Crippen molar-refractivity contribution < 1.29 is 10.0 Å². The number of H-pyrrole nitrogens is 1. The Labute approximate surface area is 66.6 Å². The number of nitro groups is 1. The van der Waals surface area contributed by atoms with Crippen LogP contribution in [0.3, 0.4) is 0 Å². The molecular weight excluding hydrogens is 164 g/mol. The van der Waals surface area contributed by atoms with E-state index in [1.165, 1.54) is 6.07 Å². The number of aliphatic hydroxyl groups is 1. The standard InChI is InChI=1S/C6H6N2O4/c9-3-4-1-2-5(8(11)12)6(10)7-4/h1-2,9H,3H2,(H,7,10). The fraction of sp³-hybridized carbons (Fsp3) is 0.167. The lowest BCUT2D eigenvalue weighted by atomic mass is 10.3. The van der Waals surface area contributed by atoms with Gasteiger partial charge in [-0.3, -0.25) is 14.9 Å². The molecule has 0 aliphatic rings. The summed E-state index contributed by atoms with van der Waals surface area (Å²) in [4.78, 5) is 22.4. The fourth-order valence-corrected chi connectivity index (χ4v) is 0.743. The maximum absolute atomic E-state index is 10.8. The highest BCUT2D eigenvalue weighted by molar-refractivity contribution is 5.26. The molecule has 0 fully saturated rings. The van der Waals surface area contributed by atoms with Crippen molar-refractivity contribution in [2.45, 2.75) is 6.61 Å². The van der Waals surface area contributed by atoms with Gasteiger partial charge in [0.1, 0.15) is 0 Å². The minimum Gasteiger partial charge on any atom is -0.390 e. The number of hydrogen-bond acceptors (Lipinski definition) is 4. The van der Waals surface area contributed by atoms with Gasteiger partial charge in [-0.05, 0) is 6.07 Å². The van der Waals surface area contributed by atoms with Gasteiger partial charge in [-0.25, -0.2) is 0 Å². The Hall–Kier alpha value is -1.69. The molecule has 6 nitrogen and oxygen atoms in total. The lowest BCUT2D eigenvalue weighted by Crippen LogP contribution is -2.12. The Bertz CT molecular complexity index is 357. The number of aromatic nitrogens is 1. The van der Waals surface area contributed by atoms with E-state index in [2.05, 4.69) is 4.98 Å². The number of nitrogens with one attached hydrogen (secondary N) is 1.